The SMILES string of the molecule is C[C@H](Nc1cccc(NC(=O)O)c1)c1cc2cc(Cl)ccc2[nH]c1=O. The first kappa shape index (κ1) is 16.9. The van der Waals surface area contributed by atoms with Crippen molar-refractivity contribution >= 4 is 40.0 Å². The zero-order chi connectivity index (χ0) is 18.0. The Labute approximate surface area is 148 Å². The molecular weight excluding hydrogens is 342 g/mol. The Kier molecular flexibility index (Phi) is 4.63. The van der Waals surface area contributed by atoms with Crippen LogP contribution in [-0.2, 0) is 0 Å². The van der Waals surface area contributed by atoms with E-state index in [0.717, 1.165) is 10.9 Å². The molecule has 3 rings (SSSR count). The Morgan fingerprint density at radius 1 is 1.16 bits per heavy atom. The molecule has 0 fully saturated rings. The number of halogens is 1. The third kappa shape index (κ3) is 3.92. The number of nitrogens with one attached hydrogen (secondary N) is 3. The fourth-order valence-electron chi connectivity index (χ4n) is 2.65. The van der Waals surface area contributed by atoms with E-state index in [1.54, 1.807) is 48.5 Å². The Balaban J connectivity index is 1.89. The molecule has 0 bridgehead atoms. The summed E-state index contributed by atoms with van der Waals surface area (Å²) in [4.78, 5) is 25.9. The van der Waals surface area contributed by atoms with Crippen LogP contribution in [0.1, 0.15) is 18.5 Å². The lowest BCUT2D eigenvalue weighted by atomic mass is 10.1. The van der Waals surface area contributed by atoms with Gasteiger partial charge in [-0.2, -0.15) is 0 Å². The summed E-state index contributed by atoms with van der Waals surface area (Å²) in [6.45, 7) is 1.86. The monoisotopic (exact) mass is 357 g/mol. The van der Waals surface area contributed by atoms with E-state index in [0.29, 0.717) is 22.0 Å². The molecule has 0 aliphatic heterocycles. The van der Waals surface area contributed by atoms with Gasteiger partial charge < -0.3 is 15.4 Å². The number of fused-ring (bicyclic) bond motifs is 1. The fraction of sp³-hybridized carbons (Fsp3) is 0.111. The van der Waals surface area contributed by atoms with Crippen LogP contribution in [0.4, 0.5) is 16.2 Å². The fourth-order valence-corrected chi connectivity index (χ4v) is 2.83. The molecule has 0 unspecified atom stereocenters. The summed E-state index contributed by atoms with van der Waals surface area (Å²) in [6, 6.07) is 13.6. The predicted molar refractivity (Wildman–Crippen MR) is 99.7 cm³/mol. The van der Waals surface area contributed by atoms with Crippen LogP contribution in [-0.4, -0.2) is 16.2 Å². The van der Waals surface area contributed by atoms with E-state index < -0.39 is 6.09 Å². The van der Waals surface area contributed by atoms with Crippen molar-refractivity contribution in [2.75, 3.05) is 10.6 Å². The van der Waals surface area contributed by atoms with Gasteiger partial charge in [0.1, 0.15) is 0 Å². The summed E-state index contributed by atoms with van der Waals surface area (Å²) in [5.74, 6) is 0. The number of aromatic amines is 1. The minimum Gasteiger partial charge on any atom is -0.465 e. The minimum absolute atomic E-state index is 0.186. The molecule has 0 saturated carbocycles. The first-order valence-corrected chi connectivity index (χ1v) is 7.99. The molecule has 128 valence electrons. The highest BCUT2D eigenvalue weighted by molar-refractivity contribution is 6.31. The Morgan fingerprint density at radius 2 is 1.92 bits per heavy atom. The molecule has 1 aromatic heterocycles. The lowest BCUT2D eigenvalue weighted by molar-refractivity contribution is 0.210. The molecule has 3 aromatic rings. The largest absolute Gasteiger partial charge is 0.465 e. The molecule has 0 saturated heterocycles. The van der Waals surface area contributed by atoms with Crippen LogP contribution in [0.3, 0.4) is 0 Å². The molecule has 0 aliphatic carbocycles. The van der Waals surface area contributed by atoms with Crippen molar-refractivity contribution in [2.45, 2.75) is 13.0 Å². The molecule has 1 heterocycles. The third-order valence-corrected chi connectivity index (χ3v) is 4.03. The van der Waals surface area contributed by atoms with E-state index in [-0.39, 0.29) is 11.6 Å². The van der Waals surface area contributed by atoms with Crippen LogP contribution in [0.5, 0.6) is 0 Å². The maximum Gasteiger partial charge on any atom is 0.409 e. The van der Waals surface area contributed by atoms with Crippen molar-refractivity contribution in [1.82, 2.24) is 4.98 Å². The minimum atomic E-state index is -1.13. The number of pyridine rings is 1. The van der Waals surface area contributed by atoms with Gasteiger partial charge in [0.25, 0.3) is 5.56 Å². The number of anilines is 2. The van der Waals surface area contributed by atoms with Gasteiger partial charge in [-0.3, -0.25) is 10.1 Å². The highest BCUT2D eigenvalue weighted by Gasteiger charge is 2.12. The van der Waals surface area contributed by atoms with Gasteiger partial charge in [0.15, 0.2) is 0 Å². The number of aromatic nitrogens is 1. The number of H-pyrrole nitrogens is 1. The molecule has 0 radical (unpaired) electrons. The maximum absolute atomic E-state index is 12.3. The van der Waals surface area contributed by atoms with Crippen LogP contribution < -0.4 is 16.2 Å². The molecular formula is C18H16ClN3O3. The highest BCUT2D eigenvalue weighted by Crippen LogP contribution is 2.23. The molecule has 2 aromatic carbocycles. The number of carboxylic acid groups (broad SMARTS) is 1. The van der Waals surface area contributed by atoms with Crippen molar-refractivity contribution in [3.63, 3.8) is 0 Å². The molecule has 25 heavy (non-hydrogen) atoms. The summed E-state index contributed by atoms with van der Waals surface area (Å²) in [6.07, 6.45) is -1.13. The zero-order valence-electron chi connectivity index (χ0n) is 13.3. The average Bonchev–Trinajstić information content (AvgIpc) is 2.54. The van der Waals surface area contributed by atoms with Crippen LogP contribution >= 0.6 is 11.6 Å². The Morgan fingerprint density at radius 3 is 2.68 bits per heavy atom. The topological polar surface area (TPSA) is 94.2 Å². The van der Waals surface area contributed by atoms with Gasteiger partial charge in [0, 0.05) is 32.9 Å². The van der Waals surface area contributed by atoms with Gasteiger partial charge in [-0.1, -0.05) is 17.7 Å². The molecule has 6 nitrogen and oxygen atoms in total. The summed E-state index contributed by atoms with van der Waals surface area (Å²) < 4.78 is 0. The standard InChI is InChI=1S/C18H16ClN3O3/c1-10(20-13-3-2-4-14(9-13)21-18(24)25)15-8-11-7-12(19)5-6-16(11)22-17(15)23/h2-10,20-21H,1H3,(H,22,23)(H,24,25)/t10-/m0/s1. The van der Waals surface area contributed by atoms with Crippen LogP contribution in [0, 0.1) is 0 Å². The third-order valence-electron chi connectivity index (χ3n) is 3.80. The lowest BCUT2D eigenvalue weighted by Crippen LogP contribution is -2.19. The number of hydrogen-bond acceptors (Lipinski definition) is 3. The van der Waals surface area contributed by atoms with Crippen molar-refractivity contribution in [3.8, 4) is 0 Å². The van der Waals surface area contributed by atoms with Crippen molar-refractivity contribution in [3.05, 3.63) is 69.5 Å². The summed E-state index contributed by atoms with van der Waals surface area (Å²) in [7, 11) is 0. The van der Waals surface area contributed by atoms with Gasteiger partial charge >= 0.3 is 6.09 Å². The molecule has 0 aliphatic rings. The second kappa shape index (κ2) is 6.86. The van der Waals surface area contributed by atoms with Gasteiger partial charge in [-0.05, 0) is 49.4 Å². The number of rotatable bonds is 4. The van der Waals surface area contributed by atoms with E-state index in [1.807, 2.05) is 6.92 Å². The normalized spacial score (nSPS) is 11.9. The van der Waals surface area contributed by atoms with E-state index in [4.69, 9.17) is 16.7 Å². The first-order valence-electron chi connectivity index (χ1n) is 7.61. The zero-order valence-corrected chi connectivity index (χ0v) is 14.1. The van der Waals surface area contributed by atoms with Crippen LogP contribution in [0.15, 0.2) is 53.3 Å². The smallest absolute Gasteiger partial charge is 0.409 e. The van der Waals surface area contributed by atoms with Crippen LogP contribution in [0.2, 0.25) is 5.02 Å². The predicted octanol–water partition coefficient (Wildman–Crippen LogP) is 4.44. The number of benzene rings is 2. The first-order chi connectivity index (χ1) is 11.9. The van der Waals surface area contributed by atoms with E-state index in [9.17, 15) is 9.59 Å². The van der Waals surface area contributed by atoms with E-state index in [1.165, 1.54) is 0 Å². The van der Waals surface area contributed by atoms with Crippen molar-refractivity contribution in [2.24, 2.45) is 0 Å². The van der Waals surface area contributed by atoms with Crippen molar-refractivity contribution < 1.29 is 9.90 Å². The lowest BCUT2D eigenvalue weighted by Gasteiger charge is -2.16. The van der Waals surface area contributed by atoms with Gasteiger partial charge in [0.2, 0.25) is 0 Å². The molecule has 0 spiro atoms. The molecule has 7 heteroatoms. The molecule has 1 atom stereocenters. The van der Waals surface area contributed by atoms with Crippen molar-refractivity contribution in [1.29, 1.82) is 0 Å². The number of amides is 1. The van der Waals surface area contributed by atoms with Gasteiger partial charge in [-0.25, -0.2) is 4.79 Å². The Hall–Kier alpha value is -2.99. The summed E-state index contributed by atoms with van der Waals surface area (Å²) in [5, 5.41) is 15.7. The summed E-state index contributed by atoms with van der Waals surface area (Å²) >= 11 is 6.02. The quantitative estimate of drug-likeness (QED) is 0.555. The molecule has 4 N–H and O–H groups in total. The van der Waals surface area contributed by atoms with E-state index in [2.05, 4.69) is 15.6 Å². The van der Waals surface area contributed by atoms with E-state index >= 15 is 0 Å². The summed E-state index contributed by atoms with van der Waals surface area (Å²) in [5.41, 5.74) is 2.24. The number of hydrogen-bond donors (Lipinski definition) is 4. The van der Waals surface area contributed by atoms with Crippen LogP contribution in [0.25, 0.3) is 10.9 Å². The molecule has 1 amide bonds. The average molecular weight is 358 g/mol. The van der Waals surface area contributed by atoms with Gasteiger partial charge in [0.05, 0.1) is 6.04 Å². The second-order valence-corrected chi connectivity index (χ2v) is 6.10. The maximum atomic E-state index is 12.3. The highest BCUT2D eigenvalue weighted by atomic mass is 35.5. The number of carbonyl (C=O) groups is 1. The second-order valence-electron chi connectivity index (χ2n) is 5.66. The van der Waals surface area contributed by atoms with Gasteiger partial charge in [-0.15, -0.1) is 0 Å². The Bertz CT molecular complexity index is 1000.